The molecule has 7 heteroatoms. The predicted molar refractivity (Wildman–Crippen MR) is 84.3 cm³/mol. The van der Waals surface area contributed by atoms with Gasteiger partial charge in [0.05, 0.1) is 5.69 Å². The number of carbonyl (C=O) groups excluding carboxylic acids is 1. The zero-order valence-corrected chi connectivity index (χ0v) is 13.8. The molecule has 0 saturated carbocycles. The fourth-order valence-electron chi connectivity index (χ4n) is 1.81. The minimum absolute atomic E-state index is 0.228. The summed E-state index contributed by atoms with van der Waals surface area (Å²) < 4.78 is 5.60. The molecule has 0 unspecified atom stereocenters. The molecule has 0 fully saturated rings. The molecule has 116 valence electrons. The van der Waals surface area contributed by atoms with Crippen molar-refractivity contribution in [2.75, 3.05) is 0 Å². The van der Waals surface area contributed by atoms with Crippen LogP contribution in [0.2, 0.25) is 0 Å². The van der Waals surface area contributed by atoms with Crippen molar-refractivity contribution in [3.8, 4) is 23.2 Å². The van der Waals surface area contributed by atoms with Crippen LogP contribution in [-0.4, -0.2) is 32.2 Å². The number of rotatable bonds is 4. The first-order chi connectivity index (χ1) is 10.3. The Hall–Kier alpha value is -2.20. The Balaban J connectivity index is 2.21. The molecule has 0 bridgehead atoms. The SMILES string of the molecule is C#CC[C@@H](OC(=O)c1sc(-c2ncn[nH]2)nc1C)C(C)(C)C. The second-order valence-corrected chi connectivity index (χ2v) is 6.93. The van der Waals surface area contributed by atoms with Crippen LogP contribution in [0.25, 0.3) is 10.8 Å². The minimum Gasteiger partial charge on any atom is -0.457 e. The van der Waals surface area contributed by atoms with Gasteiger partial charge in [-0.05, 0) is 12.3 Å². The number of ether oxygens (including phenoxy) is 1. The Morgan fingerprint density at radius 3 is 2.82 bits per heavy atom. The molecule has 0 aliphatic rings. The standard InChI is InChI=1S/C15H18N4O2S/c1-6-7-10(15(3,4)5)21-14(20)11-9(2)18-13(22-11)12-16-8-17-19-12/h1,8,10H,7H2,2-5H3,(H,16,17,19)/t10-/m1/s1. The Bertz CT molecular complexity index is 692. The molecule has 0 amide bonds. The maximum absolute atomic E-state index is 12.4. The number of aryl methyl sites for hydroxylation is 1. The Morgan fingerprint density at radius 1 is 1.55 bits per heavy atom. The van der Waals surface area contributed by atoms with Crippen molar-refractivity contribution in [1.29, 1.82) is 0 Å². The second kappa shape index (κ2) is 6.28. The number of nitrogens with zero attached hydrogens (tertiary/aromatic N) is 3. The van der Waals surface area contributed by atoms with Crippen LogP contribution in [-0.2, 0) is 4.74 Å². The van der Waals surface area contributed by atoms with Gasteiger partial charge in [-0.2, -0.15) is 5.10 Å². The van der Waals surface area contributed by atoms with Crippen LogP contribution < -0.4 is 0 Å². The molecule has 1 N–H and O–H groups in total. The van der Waals surface area contributed by atoms with Gasteiger partial charge < -0.3 is 4.74 Å². The summed E-state index contributed by atoms with van der Waals surface area (Å²) in [5.41, 5.74) is 0.378. The van der Waals surface area contributed by atoms with E-state index in [-0.39, 0.29) is 11.5 Å². The van der Waals surface area contributed by atoms with Gasteiger partial charge >= 0.3 is 5.97 Å². The van der Waals surface area contributed by atoms with Crippen LogP contribution in [0.4, 0.5) is 0 Å². The van der Waals surface area contributed by atoms with Crippen molar-refractivity contribution in [1.82, 2.24) is 20.2 Å². The number of carbonyl (C=O) groups is 1. The summed E-state index contributed by atoms with van der Waals surface area (Å²) in [5, 5.41) is 7.11. The van der Waals surface area contributed by atoms with Crippen molar-refractivity contribution >= 4 is 17.3 Å². The van der Waals surface area contributed by atoms with Crippen molar-refractivity contribution < 1.29 is 9.53 Å². The van der Waals surface area contributed by atoms with Gasteiger partial charge in [0.25, 0.3) is 0 Å². The van der Waals surface area contributed by atoms with E-state index in [1.54, 1.807) is 6.92 Å². The van der Waals surface area contributed by atoms with Gasteiger partial charge in [0.2, 0.25) is 0 Å². The number of aromatic amines is 1. The molecule has 0 aliphatic carbocycles. The molecular formula is C15H18N4O2S. The topological polar surface area (TPSA) is 80.8 Å². The zero-order chi connectivity index (χ0) is 16.3. The molecule has 0 saturated heterocycles. The van der Waals surface area contributed by atoms with E-state index in [2.05, 4.69) is 26.1 Å². The van der Waals surface area contributed by atoms with Crippen molar-refractivity contribution in [3.63, 3.8) is 0 Å². The highest BCUT2D eigenvalue weighted by molar-refractivity contribution is 7.16. The van der Waals surface area contributed by atoms with E-state index < -0.39 is 5.97 Å². The second-order valence-electron chi connectivity index (χ2n) is 5.94. The zero-order valence-electron chi connectivity index (χ0n) is 13.0. The van der Waals surface area contributed by atoms with E-state index in [0.717, 1.165) is 0 Å². The molecule has 6 nitrogen and oxygen atoms in total. The molecular weight excluding hydrogens is 300 g/mol. The number of hydrogen-bond acceptors (Lipinski definition) is 6. The minimum atomic E-state index is -0.407. The summed E-state index contributed by atoms with van der Waals surface area (Å²) >= 11 is 1.22. The van der Waals surface area contributed by atoms with Gasteiger partial charge in [0.1, 0.15) is 17.3 Å². The van der Waals surface area contributed by atoms with Crippen LogP contribution in [0, 0.1) is 24.7 Å². The van der Waals surface area contributed by atoms with E-state index in [1.165, 1.54) is 17.7 Å². The van der Waals surface area contributed by atoms with Crippen LogP contribution in [0.5, 0.6) is 0 Å². The summed E-state index contributed by atoms with van der Waals surface area (Å²) in [5.74, 6) is 2.68. The third-order valence-electron chi connectivity index (χ3n) is 3.12. The lowest BCUT2D eigenvalue weighted by Crippen LogP contribution is -2.31. The molecule has 2 aromatic heterocycles. The van der Waals surface area contributed by atoms with Crippen LogP contribution in [0.3, 0.4) is 0 Å². The molecule has 0 aliphatic heterocycles. The molecule has 0 aromatic carbocycles. The van der Waals surface area contributed by atoms with E-state index in [1.807, 2.05) is 20.8 Å². The highest BCUT2D eigenvalue weighted by Crippen LogP contribution is 2.29. The number of hydrogen-bond donors (Lipinski definition) is 1. The summed E-state index contributed by atoms with van der Waals surface area (Å²) in [6.07, 6.45) is 6.79. The maximum atomic E-state index is 12.4. The molecule has 22 heavy (non-hydrogen) atoms. The van der Waals surface area contributed by atoms with Crippen molar-refractivity contribution in [2.24, 2.45) is 5.41 Å². The van der Waals surface area contributed by atoms with Gasteiger partial charge in [0, 0.05) is 6.42 Å². The number of thiazole rings is 1. The van der Waals surface area contributed by atoms with Crippen molar-refractivity contribution in [2.45, 2.75) is 40.2 Å². The maximum Gasteiger partial charge on any atom is 0.350 e. The number of nitrogens with one attached hydrogen (secondary N) is 1. The van der Waals surface area contributed by atoms with E-state index in [0.29, 0.717) is 27.8 Å². The Morgan fingerprint density at radius 2 is 2.27 bits per heavy atom. The van der Waals surface area contributed by atoms with Crippen LogP contribution >= 0.6 is 11.3 Å². The first kappa shape index (κ1) is 16.2. The van der Waals surface area contributed by atoms with Crippen LogP contribution in [0.1, 0.15) is 42.6 Å². The van der Waals surface area contributed by atoms with Gasteiger partial charge in [-0.3, -0.25) is 5.10 Å². The van der Waals surface area contributed by atoms with E-state index in [9.17, 15) is 4.79 Å². The third-order valence-corrected chi connectivity index (χ3v) is 4.26. The largest absolute Gasteiger partial charge is 0.457 e. The van der Waals surface area contributed by atoms with Gasteiger partial charge in [-0.15, -0.1) is 23.7 Å². The molecule has 0 radical (unpaired) electrons. The molecule has 2 rings (SSSR count). The lowest BCUT2D eigenvalue weighted by molar-refractivity contribution is -0.000128. The lowest BCUT2D eigenvalue weighted by Gasteiger charge is -2.28. The summed E-state index contributed by atoms with van der Waals surface area (Å²) in [6.45, 7) is 7.73. The third kappa shape index (κ3) is 3.52. The highest BCUT2D eigenvalue weighted by Gasteiger charge is 2.29. The fraction of sp³-hybridized carbons (Fsp3) is 0.467. The number of esters is 1. The Labute approximate surface area is 133 Å². The molecule has 0 spiro atoms. The predicted octanol–water partition coefficient (Wildman–Crippen LogP) is 2.83. The monoisotopic (exact) mass is 318 g/mol. The average Bonchev–Trinajstić information content (AvgIpc) is 3.05. The normalized spacial score (nSPS) is 12.7. The van der Waals surface area contributed by atoms with E-state index in [4.69, 9.17) is 11.2 Å². The quantitative estimate of drug-likeness (QED) is 0.692. The first-order valence-corrected chi connectivity index (χ1v) is 7.62. The van der Waals surface area contributed by atoms with Gasteiger partial charge in [0.15, 0.2) is 10.8 Å². The lowest BCUT2D eigenvalue weighted by atomic mass is 9.87. The average molecular weight is 318 g/mol. The molecule has 2 aromatic rings. The van der Waals surface area contributed by atoms with Gasteiger partial charge in [-0.1, -0.05) is 20.8 Å². The first-order valence-electron chi connectivity index (χ1n) is 6.80. The highest BCUT2D eigenvalue weighted by atomic mass is 32.1. The smallest absolute Gasteiger partial charge is 0.350 e. The summed E-state index contributed by atoms with van der Waals surface area (Å²) in [6, 6.07) is 0. The number of H-pyrrole nitrogens is 1. The molecule has 1 atom stereocenters. The summed E-state index contributed by atoms with van der Waals surface area (Å²) in [7, 11) is 0. The fourth-order valence-corrected chi connectivity index (χ4v) is 2.71. The number of terminal acetylenes is 1. The summed E-state index contributed by atoms with van der Waals surface area (Å²) in [4.78, 5) is 21.2. The number of aromatic nitrogens is 4. The Kier molecular flexibility index (Phi) is 4.62. The van der Waals surface area contributed by atoms with Crippen LogP contribution in [0.15, 0.2) is 6.33 Å². The molecule has 2 heterocycles. The van der Waals surface area contributed by atoms with E-state index >= 15 is 0 Å². The van der Waals surface area contributed by atoms with Gasteiger partial charge in [-0.25, -0.2) is 14.8 Å². The van der Waals surface area contributed by atoms with Crippen molar-refractivity contribution in [3.05, 3.63) is 16.9 Å².